The minimum absolute atomic E-state index is 0.207. The van der Waals surface area contributed by atoms with Gasteiger partial charge in [0.1, 0.15) is 28.6 Å². The van der Waals surface area contributed by atoms with Gasteiger partial charge in [-0.25, -0.2) is 0 Å². The third-order valence-corrected chi connectivity index (χ3v) is 4.31. The number of phenolic OH excluding ortho intramolecular Hbond substituents is 1. The molecule has 0 saturated carbocycles. The van der Waals surface area contributed by atoms with Crippen molar-refractivity contribution in [3.63, 3.8) is 0 Å². The summed E-state index contributed by atoms with van der Waals surface area (Å²) >= 11 is 0. The molecule has 23 heavy (non-hydrogen) atoms. The van der Waals surface area contributed by atoms with E-state index in [1.807, 2.05) is 32.9 Å². The van der Waals surface area contributed by atoms with Crippen molar-refractivity contribution in [3.05, 3.63) is 41.0 Å². The van der Waals surface area contributed by atoms with Gasteiger partial charge in [0.15, 0.2) is 0 Å². The molecule has 0 saturated heterocycles. The first-order chi connectivity index (χ1) is 11.0. The second-order valence-corrected chi connectivity index (χ2v) is 5.62. The zero-order chi connectivity index (χ0) is 16.7. The molecule has 4 nitrogen and oxygen atoms in total. The van der Waals surface area contributed by atoms with Crippen LogP contribution in [0.4, 0.5) is 0 Å². The second kappa shape index (κ2) is 5.54. The van der Waals surface area contributed by atoms with Crippen molar-refractivity contribution in [1.82, 2.24) is 0 Å². The summed E-state index contributed by atoms with van der Waals surface area (Å²) in [6.07, 6.45) is 0. The number of rotatable bonds is 3. The minimum Gasteiger partial charge on any atom is -0.507 e. The van der Waals surface area contributed by atoms with Crippen LogP contribution in [0.25, 0.3) is 22.3 Å². The molecule has 0 radical (unpaired) electrons. The minimum atomic E-state index is 0.207. The average Bonchev–Trinajstić information content (AvgIpc) is 2.93. The highest BCUT2D eigenvalue weighted by molar-refractivity contribution is 5.89. The molecule has 0 bridgehead atoms. The summed E-state index contributed by atoms with van der Waals surface area (Å²) in [5.41, 5.74) is 4.52. The number of hydrogen-bond acceptors (Lipinski definition) is 4. The fraction of sp³-hybridized carbons (Fsp3) is 0.263. The number of furan rings is 1. The van der Waals surface area contributed by atoms with Gasteiger partial charge >= 0.3 is 0 Å². The van der Waals surface area contributed by atoms with E-state index >= 15 is 0 Å². The summed E-state index contributed by atoms with van der Waals surface area (Å²) in [5, 5.41) is 10.7. The van der Waals surface area contributed by atoms with E-state index in [1.165, 1.54) is 0 Å². The molecule has 0 atom stereocenters. The summed E-state index contributed by atoms with van der Waals surface area (Å²) in [5.74, 6) is 2.46. The fourth-order valence-corrected chi connectivity index (χ4v) is 3.32. The maximum Gasteiger partial charge on any atom is 0.138 e. The summed E-state index contributed by atoms with van der Waals surface area (Å²) < 4.78 is 17.1. The third kappa shape index (κ3) is 2.22. The Morgan fingerprint density at radius 2 is 1.52 bits per heavy atom. The Morgan fingerprint density at radius 1 is 0.913 bits per heavy atom. The number of hydrogen-bond donors (Lipinski definition) is 1. The van der Waals surface area contributed by atoms with Gasteiger partial charge in [-0.2, -0.15) is 0 Å². The molecule has 1 N–H and O–H groups in total. The van der Waals surface area contributed by atoms with Crippen molar-refractivity contribution in [1.29, 1.82) is 0 Å². The molecule has 0 spiro atoms. The molecule has 3 aromatic rings. The Balaban J connectivity index is 2.35. The average molecular weight is 312 g/mol. The standard InChI is InChI=1S/C19H20O4/c1-10-17(11(2)19(22-5)12(3)18(10)21-4)16-9-13-14(20)7-6-8-15(13)23-16/h6-9,20H,1-5H3. The fourth-order valence-electron chi connectivity index (χ4n) is 3.32. The van der Waals surface area contributed by atoms with Crippen molar-refractivity contribution < 1.29 is 19.0 Å². The zero-order valence-electron chi connectivity index (χ0n) is 14.0. The Bertz CT molecular complexity index is 859. The van der Waals surface area contributed by atoms with E-state index in [9.17, 15) is 5.11 Å². The molecular weight excluding hydrogens is 292 g/mol. The van der Waals surface area contributed by atoms with E-state index in [4.69, 9.17) is 13.9 Å². The number of ether oxygens (including phenoxy) is 2. The number of benzene rings is 2. The molecule has 0 fully saturated rings. The summed E-state index contributed by atoms with van der Waals surface area (Å²) in [6, 6.07) is 7.11. The van der Waals surface area contributed by atoms with Crippen LogP contribution in [0, 0.1) is 20.8 Å². The Labute approximate surface area is 135 Å². The van der Waals surface area contributed by atoms with Crippen molar-refractivity contribution in [2.45, 2.75) is 20.8 Å². The van der Waals surface area contributed by atoms with Gasteiger partial charge in [0, 0.05) is 22.3 Å². The molecule has 0 amide bonds. The van der Waals surface area contributed by atoms with Gasteiger partial charge in [0.05, 0.1) is 19.6 Å². The molecule has 0 aliphatic heterocycles. The summed E-state index contributed by atoms with van der Waals surface area (Å²) in [4.78, 5) is 0. The number of fused-ring (bicyclic) bond motifs is 1. The molecule has 0 unspecified atom stereocenters. The lowest BCUT2D eigenvalue weighted by Crippen LogP contribution is -2.01. The zero-order valence-corrected chi connectivity index (χ0v) is 14.0. The normalized spacial score (nSPS) is 11.0. The molecular formula is C19H20O4. The number of aromatic hydroxyl groups is 1. The third-order valence-electron chi connectivity index (χ3n) is 4.31. The lowest BCUT2D eigenvalue weighted by Gasteiger charge is -2.19. The Kier molecular flexibility index (Phi) is 3.68. The van der Waals surface area contributed by atoms with E-state index in [2.05, 4.69) is 0 Å². The molecule has 4 heteroatoms. The predicted octanol–water partition coefficient (Wildman–Crippen LogP) is 4.75. The van der Waals surface area contributed by atoms with Crippen LogP contribution in [0.1, 0.15) is 16.7 Å². The van der Waals surface area contributed by atoms with E-state index in [1.54, 1.807) is 26.4 Å². The molecule has 1 heterocycles. The maximum absolute atomic E-state index is 10.0. The van der Waals surface area contributed by atoms with Crippen LogP contribution in [0.15, 0.2) is 28.7 Å². The molecule has 2 aromatic carbocycles. The second-order valence-electron chi connectivity index (χ2n) is 5.62. The van der Waals surface area contributed by atoms with Gasteiger partial charge in [-0.3, -0.25) is 0 Å². The van der Waals surface area contributed by atoms with Crippen molar-refractivity contribution >= 4 is 11.0 Å². The molecule has 3 rings (SSSR count). The lowest BCUT2D eigenvalue weighted by molar-refractivity contribution is 0.385. The van der Waals surface area contributed by atoms with E-state index in [0.717, 1.165) is 33.8 Å². The number of methoxy groups -OCH3 is 2. The van der Waals surface area contributed by atoms with Gasteiger partial charge < -0.3 is 19.0 Å². The number of phenols is 1. The first kappa shape index (κ1) is 15.3. The highest BCUT2D eigenvalue weighted by atomic mass is 16.5. The molecule has 0 aliphatic rings. The maximum atomic E-state index is 10.0. The first-order valence-electron chi connectivity index (χ1n) is 7.43. The van der Waals surface area contributed by atoms with Gasteiger partial charge in [-0.05, 0) is 39.0 Å². The van der Waals surface area contributed by atoms with Gasteiger partial charge in [0.2, 0.25) is 0 Å². The SMILES string of the molecule is COc1c(C)c(OC)c(C)c(-c2cc3c(O)cccc3o2)c1C. The summed E-state index contributed by atoms with van der Waals surface area (Å²) in [7, 11) is 3.30. The van der Waals surface area contributed by atoms with E-state index in [0.29, 0.717) is 16.7 Å². The largest absolute Gasteiger partial charge is 0.507 e. The van der Waals surface area contributed by atoms with Crippen LogP contribution in [0.3, 0.4) is 0 Å². The highest BCUT2D eigenvalue weighted by Gasteiger charge is 2.22. The van der Waals surface area contributed by atoms with Crippen molar-refractivity contribution in [3.8, 4) is 28.6 Å². The highest BCUT2D eigenvalue weighted by Crippen LogP contribution is 2.44. The van der Waals surface area contributed by atoms with Crippen molar-refractivity contribution in [2.75, 3.05) is 14.2 Å². The summed E-state index contributed by atoms with van der Waals surface area (Å²) in [6.45, 7) is 5.98. The van der Waals surface area contributed by atoms with Gasteiger partial charge in [0.25, 0.3) is 0 Å². The van der Waals surface area contributed by atoms with Gasteiger partial charge in [-0.1, -0.05) is 6.07 Å². The van der Waals surface area contributed by atoms with Gasteiger partial charge in [-0.15, -0.1) is 0 Å². The van der Waals surface area contributed by atoms with E-state index < -0.39 is 0 Å². The van der Waals surface area contributed by atoms with Crippen LogP contribution < -0.4 is 9.47 Å². The predicted molar refractivity (Wildman–Crippen MR) is 90.6 cm³/mol. The lowest BCUT2D eigenvalue weighted by atomic mass is 9.95. The van der Waals surface area contributed by atoms with Crippen LogP contribution in [0.2, 0.25) is 0 Å². The van der Waals surface area contributed by atoms with Crippen LogP contribution in [0.5, 0.6) is 17.2 Å². The topological polar surface area (TPSA) is 51.8 Å². The monoisotopic (exact) mass is 312 g/mol. The van der Waals surface area contributed by atoms with Crippen LogP contribution in [-0.2, 0) is 0 Å². The smallest absolute Gasteiger partial charge is 0.138 e. The first-order valence-corrected chi connectivity index (χ1v) is 7.43. The Hall–Kier alpha value is -2.62. The van der Waals surface area contributed by atoms with Crippen molar-refractivity contribution in [2.24, 2.45) is 0 Å². The quantitative estimate of drug-likeness (QED) is 0.758. The molecule has 120 valence electrons. The van der Waals surface area contributed by atoms with Crippen LogP contribution >= 0.6 is 0 Å². The molecule has 1 aromatic heterocycles. The van der Waals surface area contributed by atoms with E-state index in [-0.39, 0.29) is 5.75 Å². The molecule has 0 aliphatic carbocycles. The van der Waals surface area contributed by atoms with Crippen LogP contribution in [-0.4, -0.2) is 19.3 Å². The Morgan fingerprint density at radius 3 is 2.04 bits per heavy atom.